The van der Waals surface area contributed by atoms with Gasteiger partial charge in [-0.3, -0.25) is 4.79 Å². The van der Waals surface area contributed by atoms with Crippen LogP contribution in [0.4, 0.5) is 5.69 Å². The minimum atomic E-state index is 0.192. The molecule has 1 aliphatic heterocycles. The van der Waals surface area contributed by atoms with Crippen LogP contribution >= 0.6 is 0 Å². The molecule has 2 aromatic rings. The minimum Gasteiger partial charge on any atom is -0.493 e. The lowest BCUT2D eigenvalue weighted by Crippen LogP contribution is -2.49. The van der Waals surface area contributed by atoms with Crippen LogP contribution in [0.15, 0.2) is 30.3 Å². The molecule has 0 saturated heterocycles. The maximum atomic E-state index is 13.3. The van der Waals surface area contributed by atoms with Gasteiger partial charge in [0.2, 0.25) is 5.91 Å². The quantitative estimate of drug-likeness (QED) is 0.571. The van der Waals surface area contributed by atoms with Crippen LogP contribution in [0.5, 0.6) is 23.0 Å². The molecule has 8 nitrogen and oxygen atoms in total. The summed E-state index contributed by atoms with van der Waals surface area (Å²) in [7, 11) is 8.62. The number of rotatable bonds is 8. The van der Waals surface area contributed by atoms with E-state index >= 15 is 0 Å². The maximum Gasteiger partial charge on any atom is 0.227 e. The smallest absolute Gasteiger partial charge is 0.227 e. The molecule has 1 N–H and O–H groups in total. The first-order valence-corrected chi connectivity index (χ1v) is 12.2. The number of benzene rings is 2. The number of fused-ring (bicyclic) bond motifs is 1. The van der Waals surface area contributed by atoms with Crippen LogP contribution in [-0.4, -0.2) is 69.9 Å². The summed E-state index contributed by atoms with van der Waals surface area (Å²) in [5.74, 6) is 2.97. The number of anilines is 1. The number of nitrogens with zero attached hydrogens (tertiary/aromatic N) is 2. The minimum absolute atomic E-state index is 0.192. The largest absolute Gasteiger partial charge is 0.493 e. The van der Waals surface area contributed by atoms with Gasteiger partial charge in [-0.2, -0.15) is 0 Å². The number of methoxy groups -OCH3 is 4. The highest BCUT2D eigenvalue weighted by atomic mass is 16.5. The first kappa shape index (κ1) is 25.0. The summed E-state index contributed by atoms with van der Waals surface area (Å²) < 4.78 is 21.7. The zero-order valence-electron chi connectivity index (χ0n) is 21.4. The van der Waals surface area contributed by atoms with Gasteiger partial charge in [-0.25, -0.2) is 5.01 Å². The fraction of sp³-hybridized carbons (Fsp3) is 0.519. The van der Waals surface area contributed by atoms with E-state index in [0.717, 1.165) is 55.5 Å². The first-order chi connectivity index (χ1) is 17.0. The van der Waals surface area contributed by atoms with E-state index < -0.39 is 0 Å². The van der Waals surface area contributed by atoms with E-state index in [4.69, 9.17) is 18.9 Å². The van der Waals surface area contributed by atoms with Gasteiger partial charge in [0.05, 0.1) is 40.5 Å². The number of amides is 1. The Morgan fingerprint density at radius 2 is 1.54 bits per heavy atom. The van der Waals surface area contributed by atoms with Crippen molar-refractivity contribution in [3.05, 3.63) is 41.5 Å². The fourth-order valence-corrected chi connectivity index (χ4v) is 5.35. The molecule has 1 aliphatic carbocycles. The number of hydrazine groups is 1. The molecule has 0 aromatic heterocycles. The van der Waals surface area contributed by atoms with Crippen LogP contribution in [0.25, 0.3) is 0 Å². The molecule has 0 spiro atoms. The highest BCUT2D eigenvalue weighted by Gasteiger charge is 2.33. The zero-order chi connectivity index (χ0) is 24.9. The molecular formula is C27H37N3O5. The molecule has 2 unspecified atom stereocenters. The number of hydrogen-bond acceptors (Lipinski definition) is 7. The first-order valence-electron chi connectivity index (χ1n) is 12.2. The van der Waals surface area contributed by atoms with Crippen molar-refractivity contribution in [2.75, 3.05) is 47.5 Å². The highest BCUT2D eigenvalue weighted by molar-refractivity contribution is 5.80. The molecular weight excluding hydrogens is 446 g/mol. The normalized spacial score (nSPS) is 20.2. The average molecular weight is 484 g/mol. The highest BCUT2D eigenvalue weighted by Crippen LogP contribution is 2.35. The van der Waals surface area contributed by atoms with E-state index in [0.29, 0.717) is 35.5 Å². The molecule has 2 aliphatic rings. The standard InChI is InChI=1S/C27H37N3O5/c1-29(28-20-9-10-23(32-2)26(16-20)35-5)21-7-6-8-22(17-21)30-12-11-18-13-24(33-3)25(34-4)14-19(18)15-27(30)31/h9-10,13-14,16,21-22,28H,6-8,11-12,15,17H2,1-5H3. The van der Waals surface area contributed by atoms with Crippen molar-refractivity contribution in [2.24, 2.45) is 0 Å². The fourth-order valence-electron chi connectivity index (χ4n) is 5.35. The van der Waals surface area contributed by atoms with Crippen LogP contribution in [0.3, 0.4) is 0 Å². The Kier molecular flexibility index (Phi) is 7.90. The number of nitrogens with one attached hydrogen (secondary N) is 1. The van der Waals surface area contributed by atoms with Gasteiger partial charge in [0.25, 0.3) is 0 Å². The van der Waals surface area contributed by atoms with Crippen LogP contribution in [0, 0.1) is 0 Å². The third kappa shape index (κ3) is 5.42. The summed E-state index contributed by atoms with van der Waals surface area (Å²) >= 11 is 0. The summed E-state index contributed by atoms with van der Waals surface area (Å²) in [6.45, 7) is 0.728. The van der Waals surface area contributed by atoms with Gasteiger partial charge >= 0.3 is 0 Å². The van der Waals surface area contributed by atoms with Crippen molar-refractivity contribution in [2.45, 2.75) is 50.6 Å². The second kappa shape index (κ2) is 11.1. The van der Waals surface area contributed by atoms with Crippen LogP contribution in [0.2, 0.25) is 0 Å². The van der Waals surface area contributed by atoms with Gasteiger partial charge in [-0.1, -0.05) is 0 Å². The number of ether oxygens (including phenoxy) is 4. The Morgan fingerprint density at radius 1 is 0.886 bits per heavy atom. The van der Waals surface area contributed by atoms with E-state index in [2.05, 4.69) is 22.4 Å². The SMILES string of the molecule is COc1ccc(NN(C)C2CCCC(N3CCc4cc(OC)c(OC)cc4CC3=O)C2)cc1OC. The van der Waals surface area contributed by atoms with Gasteiger partial charge in [0.15, 0.2) is 23.0 Å². The lowest BCUT2D eigenvalue weighted by molar-refractivity contribution is -0.133. The van der Waals surface area contributed by atoms with E-state index in [-0.39, 0.29) is 11.9 Å². The summed E-state index contributed by atoms with van der Waals surface area (Å²) in [5, 5.41) is 2.17. The maximum absolute atomic E-state index is 13.3. The van der Waals surface area contributed by atoms with Gasteiger partial charge in [-0.15, -0.1) is 0 Å². The summed E-state index contributed by atoms with van der Waals surface area (Å²) in [6, 6.07) is 10.4. The second-order valence-electron chi connectivity index (χ2n) is 9.26. The number of hydrogen-bond donors (Lipinski definition) is 1. The Labute approximate surface area is 208 Å². The number of carbonyl (C=O) groups excluding carboxylic acids is 1. The molecule has 1 saturated carbocycles. The molecule has 1 heterocycles. The number of carbonyl (C=O) groups is 1. The van der Waals surface area contributed by atoms with Gasteiger partial charge in [-0.05, 0) is 67.5 Å². The molecule has 1 fully saturated rings. The van der Waals surface area contributed by atoms with Crippen molar-refractivity contribution < 1.29 is 23.7 Å². The third-order valence-electron chi connectivity index (χ3n) is 7.29. The average Bonchev–Trinajstić information content (AvgIpc) is 3.05. The molecule has 4 rings (SSSR count). The Balaban J connectivity index is 1.43. The lowest BCUT2D eigenvalue weighted by Gasteiger charge is -2.40. The van der Waals surface area contributed by atoms with Crippen molar-refractivity contribution in [3.63, 3.8) is 0 Å². The van der Waals surface area contributed by atoms with Crippen molar-refractivity contribution >= 4 is 11.6 Å². The Hall–Kier alpha value is -3.13. The van der Waals surface area contributed by atoms with E-state index in [1.165, 1.54) is 0 Å². The van der Waals surface area contributed by atoms with Gasteiger partial charge in [0, 0.05) is 31.7 Å². The molecule has 0 bridgehead atoms. The summed E-state index contributed by atoms with van der Waals surface area (Å²) in [6.07, 6.45) is 5.37. The third-order valence-corrected chi connectivity index (χ3v) is 7.29. The zero-order valence-corrected chi connectivity index (χ0v) is 21.4. The van der Waals surface area contributed by atoms with Crippen LogP contribution in [0.1, 0.15) is 36.8 Å². The molecule has 8 heteroatoms. The molecule has 0 radical (unpaired) electrons. The van der Waals surface area contributed by atoms with E-state index in [1.807, 2.05) is 30.3 Å². The van der Waals surface area contributed by atoms with Crippen molar-refractivity contribution in [1.82, 2.24) is 9.91 Å². The van der Waals surface area contributed by atoms with E-state index in [9.17, 15) is 4.79 Å². The molecule has 35 heavy (non-hydrogen) atoms. The molecule has 2 atom stereocenters. The van der Waals surface area contributed by atoms with Crippen molar-refractivity contribution in [1.29, 1.82) is 0 Å². The van der Waals surface area contributed by atoms with Crippen molar-refractivity contribution in [3.8, 4) is 23.0 Å². The van der Waals surface area contributed by atoms with Gasteiger partial charge < -0.3 is 29.3 Å². The Morgan fingerprint density at radius 3 is 2.23 bits per heavy atom. The van der Waals surface area contributed by atoms with Crippen LogP contribution in [-0.2, 0) is 17.6 Å². The molecule has 1 amide bonds. The molecule has 2 aromatic carbocycles. The van der Waals surface area contributed by atoms with Crippen LogP contribution < -0.4 is 24.4 Å². The topological polar surface area (TPSA) is 72.5 Å². The van der Waals surface area contributed by atoms with E-state index in [1.54, 1.807) is 28.4 Å². The predicted molar refractivity (Wildman–Crippen MR) is 136 cm³/mol. The molecule has 190 valence electrons. The van der Waals surface area contributed by atoms with Gasteiger partial charge in [0.1, 0.15) is 0 Å². The summed E-state index contributed by atoms with van der Waals surface area (Å²) in [5.41, 5.74) is 6.63. The second-order valence-corrected chi connectivity index (χ2v) is 9.26. The Bertz CT molecular complexity index is 1040. The summed E-state index contributed by atoms with van der Waals surface area (Å²) in [4.78, 5) is 15.4. The predicted octanol–water partition coefficient (Wildman–Crippen LogP) is 3.92. The lowest BCUT2D eigenvalue weighted by atomic mass is 9.89. The monoisotopic (exact) mass is 483 g/mol.